The predicted octanol–water partition coefficient (Wildman–Crippen LogP) is 0.792. The maximum Gasteiger partial charge on any atom is 0.0696 e. The number of hydrogen-bond donors (Lipinski definition) is 2. The number of likely N-dealkylation sites (N-methyl/N-ethyl adjacent to an activating group) is 1. The highest BCUT2D eigenvalue weighted by molar-refractivity contribution is 5.06. The lowest BCUT2D eigenvalue weighted by molar-refractivity contribution is 0.0570. The van der Waals surface area contributed by atoms with E-state index >= 15 is 0 Å². The topological polar surface area (TPSA) is 53.3 Å². The highest BCUT2D eigenvalue weighted by Crippen LogP contribution is 2.16. The Morgan fingerprint density at radius 3 is 2.75 bits per heavy atom. The van der Waals surface area contributed by atoms with Gasteiger partial charge >= 0.3 is 0 Å². The van der Waals surface area contributed by atoms with E-state index in [1.54, 1.807) is 0 Å². The molecule has 2 heterocycles. The van der Waals surface area contributed by atoms with Crippen molar-refractivity contribution >= 4 is 0 Å². The van der Waals surface area contributed by atoms with Crippen LogP contribution in [0, 0.1) is 19.8 Å². The van der Waals surface area contributed by atoms with Crippen molar-refractivity contribution in [3.05, 3.63) is 17.5 Å². The third kappa shape index (κ3) is 4.30. The number of rotatable bonds is 6. The maximum absolute atomic E-state index is 10.3. The summed E-state index contributed by atoms with van der Waals surface area (Å²) in [6.07, 6.45) is 1.97. The molecule has 5 heteroatoms. The average Bonchev–Trinajstić information content (AvgIpc) is 2.75. The third-order valence-electron chi connectivity index (χ3n) is 4.22. The monoisotopic (exact) mass is 280 g/mol. The van der Waals surface area contributed by atoms with Gasteiger partial charge in [-0.1, -0.05) is 0 Å². The van der Waals surface area contributed by atoms with Gasteiger partial charge in [0.1, 0.15) is 0 Å². The van der Waals surface area contributed by atoms with Crippen LogP contribution in [0.3, 0.4) is 0 Å². The number of aliphatic hydroxyl groups excluding tert-OH is 1. The number of aliphatic hydroxyl groups is 1. The predicted molar refractivity (Wildman–Crippen MR) is 80.8 cm³/mol. The zero-order valence-electron chi connectivity index (χ0n) is 13.0. The average molecular weight is 280 g/mol. The van der Waals surface area contributed by atoms with E-state index in [9.17, 15) is 5.11 Å². The molecule has 0 radical (unpaired) electrons. The fourth-order valence-electron chi connectivity index (χ4n) is 2.96. The van der Waals surface area contributed by atoms with Gasteiger partial charge in [-0.05, 0) is 58.8 Å². The van der Waals surface area contributed by atoms with Crippen LogP contribution in [0.15, 0.2) is 6.07 Å². The van der Waals surface area contributed by atoms with Crippen molar-refractivity contribution in [2.75, 3.05) is 33.2 Å². The van der Waals surface area contributed by atoms with E-state index in [2.05, 4.69) is 35.4 Å². The van der Waals surface area contributed by atoms with Crippen molar-refractivity contribution in [2.24, 2.45) is 5.92 Å². The lowest BCUT2D eigenvalue weighted by Crippen LogP contribution is -2.40. The molecule has 5 nitrogen and oxygen atoms in total. The molecule has 0 saturated carbocycles. The van der Waals surface area contributed by atoms with Crippen LogP contribution in [0.25, 0.3) is 0 Å². The summed E-state index contributed by atoms with van der Waals surface area (Å²) in [5, 5.41) is 18.1. The molecule has 1 saturated heterocycles. The molecule has 1 aromatic heterocycles. The van der Waals surface area contributed by atoms with Crippen molar-refractivity contribution in [3.8, 4) is 0 Å². The van der Waals surface area contributed by atoms with Gasteiger partial charge in [0.25, 0.3) is 0 Å². The molecule has 1 unspecified atom stereocenters. The van der Waals surface area contributed by atoms with Gasteiger partial charge in [-0.2, -0.15) is 5.10 Å². The minimum atomic E-state index is -0.206. The zero-order chi connectivity index (χ0) is 14.5. The summed E-state index contributed by atoms with van der Waals surface area (Å²) >= 11 is 0. The number of aromatic nitrogens is 2. The lowest BCUT2D eigenvalue weighted by atomic mass is 9.92. The van der Waals surface area contributed by atoms with Crippen LogP contribution >= 0.6 is 0 Å². The first-order valence-corrected chi connectivity index (χ1v) is 7.64. The standard InChI is InChI=1S/C15H28N4O/c1-12-10-13(2)19(17-12)9-8-18(3)11-15(20)14-4-6-16-7-5-14/h10,14-16,20H,4-9,11H2,1-3H3. The molecule has 1 aliphatic rings. The Balaban J connectivity index is 1.74. The molecule has 1 aromatic rings. The molecule has 1 atom stereocenters. The molecular weight excluding hydrogens is 252 g/mol. The molecule has 2 rings (SSSR count). The molecule has 114 valence electrons. The molecule has 1 aliphatic heterocycles. The fraction of sp³-hybridized carbons (Fsp3) is 0.800. The van der Waals surface area contributed by atoms with Crippen LogP contribution in [0.2, 0.25) is 0 Å². The Labute approximate surface area is 122 Å². The molecular formula is C15H28N4O. The Bertz CT molecular complexity index is 412. The van der Waals surface area contributed by atoms with Crippen molar-refractivity contribution in [2.45, 2.75) is 39.3 Å². The number of hydrogen-bond acceptors (Lipinski definition) is 4. The number of piperidine rings is 1. The van der Waals surface area contributed by atoms with Gasteiger partial charge in [0.2, 0.25) is 0 Å². The molecule has 0 aromatic carbocycles. The van der Waals surface area contributed by atoms with Crippen LogP contribution in [-0.2, 0) is 6.54 Å². The first-order valence-electron chi connectivity index (χ1n) is 7.64. The van der Waals surface area contributed by atoms with Crippen molar-refractivity contribution < 1.29 is 5.11 Å². The summed E-state index contributed by atoms with van der Waals surface area (Å²) in [5.41, 5.74) is 2.27. The van der Waals surface area contributed by atoms with Crippen molar-refractivity contribution in [1.82, 2.24) is 20.0 Å². The molecule has 0 amide bonds. The third-order valence-corrected chi connectivity index (χ3v) is 4.22. The molecule has 0 bridgehead atoms. The molecule has 0 aliphatic carbocycles. The summed E-state index contributed by atoms with van der Waals surface area (Å²) in [6.45, 7) is 8.75. The Morgan fingerprint density at radius 2 is 2.15 bits per heavy atom. The van der Waals surface area contributed by atoms with Crippen LogP contribution in [0.4, 0.5) is 0 Å². The van der Waals surface area contributed by atoms with E-state index in [0.29, 0.717) is 5.92 Å². The number of aryl methyl sites for hydroxylation is 2. The normalized spacial score (nSPS) is 18.6. The van der Waals surface area contributed by atoms with Gasteiger partial charge in [0.05, 0.1) is 18.3 Å². The van der Waals surface area contributed by atoms with E-state index in [-0.39, 0.29) is 6.10 Å². The fourth-order valence-corrected chi connectivity index (χ4v) is 2.96. The lowest BCUT2D eigenvalue weighted by Gasteiger charge is -2.30. The summed E-state index contributed by atoms with van der Waals surface area (Å²) < 4.78 is 2.04. The quantitative estimate of drug-likeness (QED) is 0.809. The molecule has 2 N–H and O–H groups in total. The SMILES string of the molecule is Cc1cc(C)n(CCN(C)CC(O)C2CCNCC2)n1. The van der Waals surface area contributed by atoms with E-state index < -0.39 is 0 Å². The zero-order valence-corrected chi connectivity index (χ0v) is 13.0. The van der Waals surface area contributed by atoms with Crippen molar-refractivity contribution in [1.29, 1.82) is 0 Å². The van der Waals surface area contributed by atoms with Crippen LogP contribution in [0.5, 0.6) is 0 Å². The van der Waals surface area contributed by atoms with Gasteiger partial charge in [-0.25, -0.2) is 0 Å². The first-order chi connectivity index (χ1) is 9.56. The Hall–Kier alpha value is -0.910. The highest BCUT2D eigenvalue weighted by Gasteiger charge is 2.22. The highest BCUT2D eigenvalue weighted by atomic mass is 16.3. The minimum absolute atomic E-state index is 0.206. The smallest absolute Gasteiger partial charge is 0.0696 e. The second-order valence-electron chi connectivity index (χ2n) is 6.07. The second-order valence-corrected chi connectivity index (χ2v) is 6.07. The van der Waals surface area contributed by atoms with Gasteiger partial charge in [-0.3, -0.25) is 4.68 Å². The summed E-state index contributed by atoms with van der Waals surface area (Å²) in [7, 11) is 2.08. The first kappa shape index (κ1) is 15.5. The Morgan fingerprint density at radius 1 is 1.45 bits per heavy atom. The largest absolute Gasteiger partial charge is 0.392 e. The van der Waals surface area contributed by atoms with E-state index in [1.165, 1.54) is 5.69 Å². The maximum atomic E-state index is 10.3. The second kappa shape index (κ2) is 7.20. The van der Waals surface area contributed by atoms with Crippen LogP contribution in [-0.4, -0.2) is 59.1 Å². The summed E-state index contributed by atoms with van der Waals surface area (Å²) in [5.74, 6) is 0.451. The van der Waals surface area contributed by atoms with Crippen molar-refractivity contribution in [3.63, 3.8) is 0 Å². The molecule has 20 heavy (non-hydrogen) atoms. The molecule has 1 fully saturated rings. The van der Waals surface area contributed by atoms with Gasteiger partial charge in [-0.15, -0.1) is 0 Å². The van der Waals surface area contributed by atoms with E-state index in [0.717, 1.165) is 51.3 Å². The van der Waals surface area contributed by atoms with Crippen LogP contribution < -0.4 is 5.32 Å². The van der Waals surface area contributed by atoms with E-state index in [1.807, 2.05) is 11.6 Å². The molecule has 0 spiro atoms. The van der Waals surface area contributed by atoms with E-state index in [4.69, 9.17) is 0 Å². The number of nitrogens with zero attached hydrogens (tertiary/aromatic N) is 3. The summed E-state index contributed by atoms with van der Waals surface area (Å²) in [4.78, 5) is 2.21. The number of nitrogens with one attached hydrogen (secondary N) is 1. The van der Waals surface area contributed by atoms with Crippen LogP contribution in [0.1, 0.15) is 24.2 Å². The minimum Gasteiger partial charge on any atom is -0.392 e. The Kier molecular flexibility index (Phi) is 5.57. The van der Waals surface area contributed by atoms with Gasteiger partial charge < -0.3 is 15.3 Å². The van der Waals surface area contributed by atoms with Gasteiger partial charge in [0, 0.05) is 18.8 Å². The van der Waals surface area contributed by atoms with Gasteiger partial charge in [0.15, 0.2) is 0 Å². The summed E-state index contributed by atoms with van der Waals surface area (Å²) in [6, 6.07) is 2.10.